The molecule has 2 N–H and O–H groups in total. The van der Waals surface area contributed by atoms with Gasteiger partial charge >= 0.3 is 5.97 Å². The van der Waals surface area contributed by atoms with E-state index in [0.29, 0.717) is 16.6 Å². The fourth-order valence-corrected chi connectivity index (χ4v) is 4.65. The molecule has 0 saturated carbocycles. The standard InChI is InChI=1S/C21H20N2O5S/c1-13(2)20(21(24)25)22-29(26,27)15-6-8-18-17(12-15)16-7-5-14(11-19(16)28-18)23-9-3-4-10-23/h3-13,20,22H,1-2H3,(H,24,25)/t20-/m1/s1. The molecule has 29 heavy (non-hydrogen) atoms. The quantitative estimate of drug-likeness (QED) is 0.502. The van der Waals surface area contributed by atoms with E-state index < -0.39 is 28.0 Å². The minimum Gasteiger partial charge on any atom is -0.480 e. The molecule has 0 aliphatic carbocycles. The summed E-state index contributed by atoms with van der Waals surface area (Å²) in [7, 11) is -4.01. The van der Waals surface area contributed by atoms with Crippen molar-refractivity contribution in [1.82, 2.24) is 9.29 Å². The second-order valence-corrected chi connectivity index (χ2v) is 8.93. The van der Waals surface area contributed by atoms with Crippen molar-refractivity contribution < 1.29 is 22.7 Å². The summed E-state index contributed by atoms with van der Waals surface area (Å²) in [6.45, 7) is 3.30. The Morgan fingerprint density at radius 3 is 2.41 bits per heavy atom. The number of rotatable bonds is 6. The van der Waals surface area contributed by atoms with Gasteiger partial charge in [-0.15, -0.1) is 0 Å². The number of nitrogens with one attached hydrogen (secondary N) is 1. The topological polar surface area (TPSA) is 102 Å². The van der Waals surface area contributed by atoms with Crippen LogP contribution in [0.3, 0.4) is 0 Å². The lowest BCUT2D eigenvalue weighted by Crippen LogP contribution is -2.44. The second kappa shape index (κ2) is 7.06. The Bertz CT molecular complexity index is 1300. The zero-order chi connectivity index (χ0) is 20.8. The van der Waals surface area contributed by atoms with Crippen molar-refractivity contribution in [1.29, 1.82) is 0 Å². The molecule has 0 spiro atoms. The molecule has 0 bridgehead atoms. The van der Waals surface area contributed by atoms with Crippen molar-refractivity contribution in [2.24, 2.45) is 5.92 Å². The molecular weight excluding hydrogens is 392 g/mol. The maximum atomic E-state index is 12.8. The van der Waals surface area contributed by atoms with Gasteiger partial charge in [-0.25, -0.2) is 8.42 Å². The molecule has 8 heteroatoms. The van der Waals surface area contributed by atoms with E-state index in [4.69, 9.17) is 4.42 Å². The van der Waals surface area contributed by atoms with Crippen LogP contribution in [0.4, 0.5) is 0 Å². The molecule has 0 radical (unpaired) electrons. The van der Waals surface area contributed by atoms with E-state index in [0.717, 1.165) is 11.1 Å². The first-order valence-corrected chi connectivity index (χ1v) is 10.6. The highest BCUT2D eigenvalue weighted by atomic mass is 32.2. The first kappa shape index (κ1) is 19.2. The van der Waals surface area contributed by atoms with E-state index in [1.54, 1.807) is 19.9 Å². The molecule has 0 saturated heterocycles. The third kappa shape index (κ3) is 3.52. The molecule has 2 aromatic heterocycles. The SMILES string of the molecule is CC(C)[C@@H](NS(=O)(=O)c1ccc2oc3cc(-n4cccc4)ccc3c2c1)C(=O)O. The minimum atomic E-state index is -4.01. The molecule has 0 fully saturated rings. The third-order valence-corrected chi connectivity index (χ3v) is 6.29. The van der Waals surface area contributed by atoms with Crippen LogP contribution in [-0.4, -0.2) is 30.1 Å². The summed E-state index contributed by atoms with van der Waals surface area (Å²) in [6, 6.07) is 12.9. The summed E-state index contributed by atoms with van der Waals surface area (Å²) in [5.41, 5.74) is 2.12. The predicted octanol–water partition coefficient (Wildman–Crippen LogP) is 3.76. The van der Waals surface area contributed by atoms with Crippen molar-refractivity contribution in [3.63, 3.8) is 0 Å². The van der Waals surface area contributed by atoms with Crippen LogP contribution in [0.1, 0.15) is 13.8 Å². The number of carboxylic acid groups (broad SMARTS) is 1. The van der Waals surface area contributed by atoms with Gasteiger partial charge in [0, 0.05) is 34.9 Å². The first-order valence-electron chi connectivity index (χ1n) is 9.11. The van der Waals surface area contributed by atoms with Crippen LogP contribution < -0.4 is 4.72 Å². The van der Waals surface area contributed by atoms with Gasteiger partial charge in [0.15, 0.2) is 0 Å². The molecule has 0 amide bonds. The molecular formula is C21H20N2O5S. The lowest BCUT2D eigenvalue weighted by atomic mass is 10.1. The molecule has 1 atom stereocenters. The number of sulfonamides is 1. The van der Waals surface area contributed by atoms with Crippen molar-refractivity contribution in [2.45, 2.75) is 24.8 Å². The smallest absolute Gasteiger partial charge is 0.322 e. The average molecular weight is 412 g/mol. The van der Waals surface area contributed by atoms with E-state index in [9.17, 15) is 18.3 Å². The number of carboxylic acids is 1. The summed E-state index contributed by atoms with van der Waals surface area (Å²) in [5.74, 6) is -1.61. The summed E-state index contributed by atoms with van der Waals surface area (Å²) < 4.78 is 35.6. The monoisotopic (exact) mass is 412 g/mol. The highest BCUT2D eigenvalue weighted by molar-refractivity contribution is 7.89. The Balaban J connectivity index is 1.77. The number of nitrogens with zero attached hydrogens (tertiary/aromatic N) is 1. The predicted molar refractivity (Wildman–Crippen MR) is 110 cm³/mol. The average Bonchev–Trinajstić information content (AvgIpc) is 3.32. The van der Waals surface area contributed by atoms with Crippen LogP contribution in [0.2, 0.25) is 0 Å². The molecule has 0 aliphatic heterocycles. The second-order valence-electron chi connectivity index (χ2n) is 7.21. The van der Waals surface area contributed by atoms with Gasteiger partial charge in [0.05, 0.1) is 4.90 Å². The summed E-state index contributed by atoms with van der Waals surface area (Å²) in [5, 5.41) is 10.7. The molecule has 150 valence electrons. The van der Waals surface area contributed by atoms with Crippen LogP contribution in [0.5, 0.6) is 0 Å². The summed E-state index contributed by atoms with van der Waals surface area (Å²) in [6.07, 6.45) is 3.85. The van der Waals surface area contributed by atoms with Crippen LogP contribution in [0, 0.1) is 5.92 Å². The zero-order valence-electron chi connectivity index (χ0n) is 15.9. The fourth-order valence-electron chi connectivity index (χ4n) is 3.29. The normalized spacial score (nSPS) is 13.3. The number of benzene rings is 2. The molecule has 4 aromatic rings. The Morgan fingerprint density at radius 1 is 1.03 bits per heavy atom. The Hall–Kier alpha value is -3.10. The largest absolute Gasteiger partial charge is 0.480 e. The number of aromatic nitrogens is 1. The number of hydrogen-bond acceptors (Lipinski definition) is 4. The Morgan fingerprint density at radius 2 is 1.76 bits per heavy atom. The molecule has 0 aliphatic rings. The van der Waals surface area contributed by atoms with Gasteiger partial charge in [-0.05, 0) is 48.4 Å². The van der Waals surface area contributed by atoms with E-state index in [-0.39, 0.29) is 4.90 Å². The zero-order valence-corrected chi connectivity index (χ0v) is 16.7. The number of fused-ring (bicyclic) bond motifs is 3. The van der Waals surface area contributed by atoms with Gasteiger partial charge in [0.1, 0.15) is 17.2 Å². The van der Waals surface area contributed by atoms with E-state index in [2.05, 4.69) is 4.72 Å². The van der Waals surface area contributed by atoms with Crippen LogP contribution >= 0.6 is 0 Å². The molecule has 0 unspecified atom stereocenters. The maximum Gasteiger partial charge on any atom is 0.322 e. The lowest BCUT2D eigenvalue weighted by molar-refractivity contribution is -0.140. The van der Waals surface area contributed by atoms with Crippen molar-refractivity contribution in [2.75, 3.05) is 0 Å². The van der Waals surface area contributed by atoms with Crippen LogP contribution in [0.25, 0.3) is 27.6 Å². The minimum absolute atomic E-state index is 0.00548. The number of hydrogen-bond donors (Lipinski definition) is 2. The van der Waals surface area contributed by atoms with Crippen LogP contribution in [-0.2, 0) is 14.8 Å². The molecule has 2 heterocycles. The number of aliphatic carboxylic acids is 1. The van der Waals surface area contributed by atoms with Crippen LogP contribution in [0.15, 0.2) is 70.2 Å². The van der Waals surface area contributed by atoms with Gasteiger partial charge in [0.25, 0.3) is 0 Å². The highest BCUT2D eigenvalue weighted by Crippen LogP contribution is 2.32. The van der Waals surface area contributed by atoms with Gasteiger partial charge in [0.2, 0.25) is 10.0 Å². The summed E-state index contributed by atoms with van der Waals surface area (Å²) >= 11 is 0. The van der Waals surface area contributed by atoms with Crippen molar-refractivity contribution in [3.8, 4) is 5.69 Å². The van der Waals surface area contributed by atoms with E-state index >= 15 is 0 Å². The van der Waals surface area contributed by atoms with E-state index in [1.165, 1.54) is 12.1 Å². The summed E-state index contributed by atoms with van der Waals surface area (Å²) in [4.78, 5) is 11.4. The van der Waals surface area contributed by atoms with Crippen molar-refractivity contribution in [3.05, 3.63) is 60.9 Å². The number of carbonyl (C=O) groups is 1. The highest BCUT2D eigenvalue weighted by Gasteiger charge is 2.28. The fraction of sp³-hybridized carbons (Fsp3) is 0.190. The molecule has 2 aromatic carbocycles. The van der Waals surface area contributed by atoms with E-state index in [1.807, 2.05) is 47.3 Å². The van der Waals surface area contributed by atoms with Crippen molar-refractivity contribution >= 4 is 37.9 Å². The lowest BCUT2D eigenvalue weighted by Gasteiger charge is -2.17. The first-order chi connectivity index (χ1) is 13.8. The Labute approximate surface area is 167 Å². The molecule has 4 rings (SSSR count). The number of furan rings is 1. The third-order valence-electron chi connectivity index (χ3n) is 4.85. The van der Waals surface area contributed by atoms with Gasteiger partial charge in [-0.3, -0.25) is 4.79 Å². The van der Waals surface area contributed by atoms with Gasteiger partial charge in [-0.1, -0.05) is 13.8 Å². The molecule has 7 nitrogen and oxygen atoms in total. The van der Waals surface area contributed by atoms with Gasteiger partial charge < -0.3 is 14.1 Å². The Kier molecular flexibility index (Phi) is 4.68. The van der Waals surface area contributed by atoms with Gasteiger partial charge in [-0.2, -0.15) is 4.72 Å². The maximum absolute atomic E-state index is 12.8.